The molecule has 0 saturated heterocycles. The lowest BCUT2D eigenvalue weighted by Crippen LogP contribution is -2.19. The first kappa shape index (κ1) is 9.83. The fraction of sp³-hybridized carbons (Fsp3) is 0.364. The van der Waals surface area contributed by atoms with E-state index in [2.05, 4.69) is 11.9 Å². The highest BCUT2D eigenvalue weighted by Crippen LogP contribution is 2.40. The van der Waals surface area contributed by atoms with Gasteiger partial charge in [0.15, 0.2) is 0 Å². The minimum Gasteiger partial charge on any atom is -0.260 e. The third kappa shape index (κ3) is 1.42. The molecule has 1 aliphatic heterocycles. The van der Waals surface area contributed by atoms with E-state index < -0.39 is 0 Å². The summed E-state index contributed by atoms with van der Waals surface area (Å²) in [5.41, 5.74) is 1.80. The fourth-order valence-electron chi connectivity index (χ4n) is 1.77. The first-order chi connectivity index (χ1) is 7.07. The molecule has 0 amide bonds. The number of benzene rings is 1. The fourth-order valence-corrected chi connectivity index (χ4v) is 1.77. The second-order valence-corrected chi connectivity index (χ2v) is 3.99. The van der Waals surface area contributed by atoms with Crippen LogP contribution in [0.25, 0.3) is 0 Å². The first-order valence-corrected chi connectivity index (χ1v) is 4.91. The van der Waals surface area contributed by atoms with Gasteiger partial charge in [0.25, 0.3) is 5.69 Å². The van der Waals surface area contributed by atoms with Gasteiger partial charge >= 0.3 is 0 Å². The predicted molar refractivity (Wildman–Crippen MR) is 58.9 cm³/mol. The highest BCUT2D eigenvalue weighted by molar-refractivity contribution is 5.85. The molecule has 0 radical (unpaired) electrons. The highest BCUT2D eigenvalue weighted by Gasteiger charge is 2.31. The van der Waals surface area contributed by atoms with Gasteiger partial charge in [0.1, 0.15) is 0 Å². The van der Waals surface area contributed by atoms with Crippen molar-refractivity contribution < 1.29 is 4.92 Å². The van der Waals surface area contributed by atoms with Crippen molar-refractivity contribution in [3.63, 3.8) is 0 Å². The van der Waals surface area contributed by atoms with E-state index in [4.69, 9.17) is 0 Å². The summed E-state index contributed by atoms with van der Waals surface area (Å²) >= 11 is 0. The lowest BCUT2D eigenvalue weighted by molar-refractivity contribution is -0.384. The topological polar surface area (TPSA) is 55.5 Å². The number of rotatable bonds is 2. The lowest BCUT2D eigenvalue weighted by Gasteiger charge is -2.19. The normalized spacial score (nSPS) is 22.8. The molecule has 0 fully saturated rings. The smallest absolute Gasteiger partial charge is 0.260 e. The molecule has 1 heterocycles. The molecule has 0 N–H and O–H groups in total. The summed E-state index contributed by atoms with van der Waals surface area (Å²) in [5.74, 6) is 0. The second-order valence-electron chi connectivity index (χ2n) is 3.99. The third-order valence-corrected chi connectivity index (χ3v) is 3.03. The highest BCUT2D eigenvalue weighted by atomic mass is 16.6. The maximum atomic E-state index is 10.7. The second kappa shape index (κ2) is 3.15. The Morgan fingerprint density at radius 1 is 1.53 bits per heavy atom. The van der Waals surface area contributed by atoms with Crippen LogP contribution in [0.5, 0.6) is 0 Å². The summed E-state index contributed by atoms with van der Waals surface area (Å²) in [5, 5.41) is 10.7. The minimum atomic E-state index is -0.366. The third-order valence-electron chi connectivity index (χ3n) is 3.03. The van der Waals surface area contributed by atoms with Crippen LogP contribution in [-0.4, -0.2) is 11.1 Å². The van der Waals surface area contributed by atoms with Gasteiger partial charge in [0.05, 0.1) is 10.6 Å². The van der Waals surface area contributed by atoms with E-state index in [0.29, 0.717) is 0 Å². The Balaban J connectivity index is 2.55. The maximum absolute atomic E-state index is 10.7. The van der Waals surface area contributed by atoms with Crippen LogP contribution in [0.4, 0.5) is 11.4 Å². The summed E-state index contributed by atoms with van der Waals surface area (Å²) in [6.07, 6.45) is 2.77. The Kier molecular flexibility index (Phi) is 2.07. The lowest BCUT2D eigenvalue weighted by atomic mass is 9.82. The van der Waals surface area contributed by atoms with Gasteiger partial charge in [-0.3, -0.25) is 15.1 Å². The van der Waals surface area contributed by atoms with E-state index in [1.807, 2.05) is 13.1 Å². The Morgan fingerprint density at radius 2 is 2.27 bits per heavy atom. The number of non-ortho nitro benzene ring substituents is 1. The quantitative estimate of drug-likeness (QED) is 0.549. The van der Waals surface area contributed by atoms with Crippen LogP contribution in [0.3, 0.4) is 0 Å². The largest absolute Gasteiger partial charge is 0.269 e. The van der Waals surface area contributed by atoms with Gasteiger partial charge in [-0.05, 0) is 18.1 Å². The van der Waals surface area contributed by atoms with E-state index in [9.17, 15) is 10.1 Å². The van der Waals surface area contributed by atoms with Crippen LogP contribution in [0.1, 0.15) is 25.8 Å². The summed E-state index contributed by atoms with van der Waals surface area (Å²) in [7, 11) is 0. The van der Waals surface area contributed by atoms with Crippen molar-refractivity contribution >= 4 is 17.6 Å². The molecule has 1 unspecified atom stereocenters. The molecule has 1 aliphatic rings. The van der Waals surface area contributed by atoms with Crippen LogP contribution in [-0.2, 0) is 5.41 Å². The molecule has 1 aromatic carbocycles. The van der Waals surface area contributed by atoms with Gasteiger partial charge in [0, 0.05) is 23.8 Å². The van der Waals surface area contributed by atoms with Crippen LogP contribution >= 0.6 is 0 Å². The zero-order chi connectivity index (χ0) is 11.1. The van der Waals surface area contributed by atoms with Crippen molar-refractivity contribution in [2.24, 2.45) is 4.99 Å². The average molecular weight is 204 g/mol. The van der Waals surface area contributed by atoms with Gasteiger partial charge < -0.3 is 0 Å². The summed E-state index contributed by atoms with van der Waals surface area (Å²) in [4.78, 5) is 14.6. The SMILES string of the molecule is CCC1(C)C=Nc2ccc([N+](=O)[O-])cc21. The van der Waals surface area contributed by atoms with Crippen LogP contribution < -0.4 is 0 Å². The molecule has 1 aromatic rings. The zero-order valence-corrected chi connectivity index (χ0v) is 8.73. The van der Waals surface area contributed by atoms with Crippen LogP contribution in [0, 0.1) is 10.1 Å². The Bertz CT molecular complexity index is 454. The van der Waals surface area contributed by atoms with Gasteiger partial charge in [-0.15, -0.1) is 0 Å². The number of aliphatic imine (C=N–C) groups is 1. The molecule has 0 bridgehead atoms. The summed E-state index contributed by atoms with van der Waals surface area (Å²) in [6, 6.07) is 4.84. The molecule has 78 valence electrons. The zero-order valence-electron chi connectivity index (χ0n) is 8.73. The summed E-state index contributed by atoms with van der Waals surface area (Å²) < 4.78 is 0. The molecule has 0 saturated carbocycles. The van der Waals surface area contributed by atoms with Crippen molar-refractivity contribution in [1.82, 2.24) is 0 Å². The molecule has 0 aliphatic carbocycles. The van der Waals surface area contributed by atoms with Crippen LogP contribution in [0.15, 0.2) is 23.2 Å². The monoisotopic (exact) mass is 204 g/mol. The molecular formula is C11H12N2O2. The molecule has 2 rings (SSSR count). The van der Waals surface area contributed by atoms with Gasteiger partial charge in [-0.25, -0.2) is 0 Å². The van der Waals surface area contributed by atoms with E-state index in [1.165, 1.54) is 6.07 Å². The number of hydrogen-bond acceptors (Lipinski definition) is 3. The van der Waals surface area contributed by atoms with Crippen molar-refractivity contribution in [2.45, 2.75) is 25.7 Å². The Hall–Kier alpha value is -1.71. The van der Waals surface area contributed by atoms with Crippen molar-refractivity contribution in [1.29, 1.82) is 0 Å². The number of fused-ring (bicyclic) bond motifs is 1. The molecule has 4 heteroatoms. The maximum Gasteiger partial charge on any atom is 0.269 e. The number of nitrogens with zero attached hydrogens (tertiary/aromatic N) is 2. The number of nitro groups is 1. The molecule has 15 heavy (non-hydrogen) atoms. The standard InChI is InChI=1S/C11H12N2O2/c1-3-11(2)7-12-10-5-4-8(13(14)15)6-9(10)11/h4-7H,3H2,1-2H3. The Morgan fingerprint density at radius 3 is 2.87 bits per heavy atom. The van der Waals surface area contributed by atoms with E-state index in [0.717, 1.165) is 17.7 Å². The van der Waals surface area contributed by atoms with Crippen LogP contribution in [0.2, 0.25) is 0 Å². The summed E-state index contributed by atoms with van der Waals surface area (Å²) in [6.45, 7) is 4.10. The number of hydrogen-bond donors (Lipinski definition) is 0. The van der Waals surface area contributed by atoms with Crippen molar-refractivity contribution in [3.05, 3.63) is 33.9 Å². The molecule has 0 spiro atoms. The average Bonchev–Trinajstić information content (AvgIpc) is 2.57. The number of nitro benzene ring substituents is 1. The van der Waals surface area contributed by atoms with Crippen molar-refractivity contribution in [3.8, 4) is 0 Å². The molecular weight excluding hydrogens is 192 g/mol. The molecule has 0 aromatic heterocycles. The molecule has 1 atom stereocenters. The van der Waals surface area contributed by atoms with E-state index >= 15 is 0 Å². The van der Waals surface area contributed by atoms with Crippen molar-refractivity contribution in [2.75, 3.05) is 0 Å². The Labute approximate surface area is 87.8 Å². The molecule has 4 nitrogen and oxygen atoms in total. The van der Waals surface area contributed by atoms with Gasteiger partial charge in [0.2, 0.25) is 0 Å². The predicted octanol–water partition coefficient (Wildman–Crippen LogP) is 2.98. The van der Waals surface area contributed by atoms with Gasteiger partial charge in [-0.1, -0.05) is 13.8 Å². The van der Waals surface area contributed by atoms with E-state index in [-0.39, 0.29) is 16.0 Å². The van der Waals surface area contributed by atoms with E-state index in [1.54, 1.807) is 12.1 Å². The first-order valence-electron chi connectivity index (χ1n) is 4.91. The van der Waals surface area contributed by atoms with Gasteiger partial charge in [-0.2, -0.15) is 0 Å². The minimum absolute atomic E-state index is 0.138.